The molecular weight excluding hydrogens is 267 g/mol. The van der Waals surface area contributed by atoms with Crippen LogP contribution in [-0.2, 0) is 24.9 Å². The summed E-state index contributed by atoms with van der Waals surface area (Å²) in [6.07, 6.45) is 1.88. The van der Waals surface area contributed by atoms with E-state index in [1.807, 2.05) is 66.7 Å². The van der Waals surface area contributed by atoms with Crippen molar-refractivity contribution in [3.05, 3.63) is 79.5 Å². The molecule has 0 aromatic heterocycles. The molecule has 2 aromatic carbocycles. The van der Waals surface area contributed by atoms with Crippen LogP contribution in [0.3, 0.4) is 0 Å². The van der Waals surface area contributed by atoms with Crippen LogP contribution >= 0.6 is 0 Å². The Morgan fingerprint density at radius 2 is 1.44 bits per heavy atom. The zero-order valence-corrected chi connectivity index (χ0v) is 10.7. The van der Waals surface area contributed by atoms with Gasteiger partial charge in [0.1, 0.15) is 0 Å². The molecule has 0 fully saturated rings. The Kier molecular flexibility index (Phi) is 18.2. The maximum atomic E-state index is 7.50. The van der Waals surface area contributed by atoms with Crippen molar-refractivity contribution < 1.29 is 24.9 Å². The van der Waals surface area contributed by atoms with Crippen molar-refractivity contribution in [3.8, 4) is 0 Å². The normalized spacial score (nSPS) is 6.44. The summed E-state index contributed by atoms with van der Waals surface area (Å²) in [5, 5.41) is 0. The van der Waals surface area contributed by atoms with E-state index < -0.39 is 0 Å². The Balaban J connectivity index is 0. The zero-order valence-electron chi connectivity index (χ0n) is 9.55. The van der Waals surface area contributed by atoms with E-state index in [-0.39, 0.29) is 0 Å². The van der Waals surface area contributed by atoms with Crippen LogP contribution in [0, 0.1) is 13.3 Å². The minimum Gasteiger partial charge on any atom is -0.214 e. The first-order valence-electron chi connectivity index (χ1n) is 4.75. The fourth-order valence-electron chi connectivity index (χ4n) is 0.933. The predicted molar refractivity (Wildman–Crippen MR) is 65.8 cm³/mol. The van der Waals surface area contributed by atoms with Gasteiger partial charge in [0, 0.05) is 0 Å². The molecule has 0 aliphatic rings. The van der Waals surface area contributed by atoms with Crippen molar-refractivity contribution >= 4 is 10.7 Å². The molecule has 0 unspecified atom stereocenters. The molecule has 0 aliphatic carbocycles. The van der Waals surface area contributed by atoms with Crippen molar-refractivity contribution in [1.82, 2.24) is 0 Å². The van der Waals surface area contributed by atoms with Crippen molar-refractivity contribution in [2.45, 2.75) is 0 Å². The smallest absolute Gasteiger partial charge is 0.172 e. The van der Waals surface area contributed by atoms with Gasteiger partial charge in [0.05, 0.1) is 0 Å². The molecular formula is C15H11MnO2-. The van der Waals surface area contributed by atoms with E-state index in [4.69, 9.17) is 9.30 Å². The average Bonchev–Trinajstić information content (AvgIpc) is 3.04. The largest absolute Gasteiger partial charge is 0.214 e. The molecule has 0 amide bonds. The Bertz CT molecular complexity index is 426. The van der Waals surface area contributed by atoms with Crippen LogP contribution in [0.4, 0.5) is 0 Å². The van der Waals surface area contributed by atoms with Gasteiger partial charge in [-0.05, 0) is 0 Å². The summed E-state index contributed by atoms with van der Waals surface area (Å²) in [4.78, 5) is 0. The van der Waals surface area contributed by atoms with Crippen LogP contribution in [0.2, 0.25) is 0 Å². The van der Waals surface area contributed by atoms with Crippen LogP contribution in [0.25, 0.3) is 6.08 Å². The first kappa shape index (κ1) is 18.6. The maximum Gasteiger partial charge on any atom is -0.172 e. The van der Waals surface area contributed by atoms with Gasteiger partial charge in [-0.2, -0.15) is 18.2 Å². The maximum absolute atomic E-state index is 7.50. The molecule has 0 atom stereocenters. The van der Waals surface area contributed by atoms with Crippen molar-refractivity contribution in [1.29, 1.82) is 0 Å². The topological polar surface area (TPSA) is 39.8 Å². The molecule has 18 heavy (non-hydrogen) atoms. The second-order valence-corrected chi connectivity index (χ2v) is 2.97. The quantitative estimate of drug-likeness (QED) is 0.437. The van der Waals surface area contributed by atoms with Crippen molar-refractivity contribution in [2.75, 3.05) is 0 Å². The summed E-state index contributed by atoms with van der Waals surface area (Å²) in [5.74, 6) is 0. The monoisotopic (exact) mass is 278 g/mol. The molecule has 2 nitrogen and oxygen atoms in total. The molecule has 0 heterocycles. The van der Waals surface area contributed by atoms with Crippen LogP contribution in [0.15, 0.2) is 60.7 Å². The van der Waals surface area contributed by atoms with Crippen molar-refractivity contribution in [2.24, 2.45) is 0 Å². The first-order valence-corrected chi connectivity index (χ1v) is 5.34. The third-order valence-corrected chi connectivity index (χ3v) is 1.75. The van der Waals surface area contributed by atoms with Crippen LogP contribution in [0.1, 0.15) is 5.56 Å². The minimum absolute atomic E-state index is 1.16. The SMILES string of the molecule is [C-]#[O+].[C-]#[O+].[Mn]=[C]=Cc1ccccc1.c1cc[cH-]c1. The minimum atomic E-state index is 1.16. The standard InChI is InChI=1S/C8H6.C5H5.2CO.Mn/c1-2-8-6-4-3-5-7-8;1-2-4-5-3-1;2*1-2;/h2-7H;1-5H;;;/q;-1;;;. The van der Waals surface area contributed by atoms with Gasteiger partial charge in [-0.25, -0.2) is 12.1 Å². The van der Waals surface area contributed by atoms with Crippen LogP contribution in [0.5, 0.6) is 0 Å². The summed E-state index contributed by atoms with van der Waals surface area (Å²) in [7, 11) is 0. The Morgan fingerprint density at radius 3 is 1.78 bits per heavy atom. The Hall–Kier alpha value is -1.78. The second kappa shape index (κ2) is 17.6. The summed E-state index contributed by atoms with van der Waals surface area (Å²) in [5.41, 5.74) is 1.16. The predicted octanol–water partition coefficient (Wildman–Crippen LogP) is 2.98. The fourth-order valence-corrected chi connectivity index (χ4v) is 1.13. The summed E-state index contributed by atoms with van der Waals surface area (Å²) in [6, 6.07) is 20.0. The Labute approximate surface area is 115 Å². The van der Waals surface area contributed by atoms with E-state index in [1.165, 1.54) is 0 Å². The van der Waals surface area contributed by atoms with Crippen molar-refractivity contribution in [3.63, 3.8) is 0 Å². The molecule has 2 rings (SSSR count). The van der Waals surface area contributed by atoms with E-state index in [0.717, 1.165) is 5.56 Å². The molecule has 0 bridgehead atoms. The van der Waals surface area contributed by atoms with Gasteiger partial charge in [-0.3, -0.25) is 0 Å². The molecule has 3 heteroatoms. The summed E-state index contributed by atoms with van der Waals surface area (Å²) in [6.45, 7) is 9.00. The van der Waals surface area contributed by atoms with Gasteiger partial charge in [0.25, 0.3) is 0 Å². The van der Waals surface area contributed by atoms with Gasteiger partial charge in [0.2, 0.25) is 0 Å². The fraction of sp³-hybridized carbons (Fsp3) is 0. The van der Waals surface area contributed by atoms with Gasteiger partial charge in [-0.1, -0.05) is 0 Å². The molecule has 0 N–H and O–H groups in total. The van der Waals surface area contributed by atoms with Crippen LogP contribution < -0.4 is 0 Å². The molecule has 0 aliphatic heterocycles. The second-order valence-electron chi connectivity index (χ2n) is 2.63. The third-order valence-electron chi connectivity index (χ3n) is 1.58. The van der Waals surface area contributed by atoms with E-state index in [9.17, 15) is 0 Å². The van der Waals surface area contributed by atoms with E-state index in [0.29, 0.717) is 0 Å². The van der Waals surface area contributed by atoms with Gasteiger partial charge in [-0.15, -0.1) is 0 Å². The number of rotatable bonds is 1. The average molecular weight is 278 g/mol. The Morgan fingerprint density at radius 1 is 0.944 bits per heavy atom. The van der Waals surface area contributed by atoms with E-state index >= 15 is 0 Å². The third kappa shape index (κ3) is 12.3. The molecule has 91 valence electrons. The number of benzene rings is 1. The molecule has 0 saturated carbocycles. The summed E-state index contributed by atoms with van der Waals surface area (Å²) < 4.78 is 17.8. The number of hydrogen-bond donors (Lipinski definition) is 0. The van der Waals surface area contributed by atoms with Crippen LogP contribution in [-0.4, -0.2) is 4.58 Å². The van der Waals surface area contributed by atoms with Gasteiger partial charge >= 0.3 is 84.7 Å². The van der Waals surface area contributed by atoms with Gasteiger partial charge in [0.15, 0.2) is 0 Å². The van der Waals surface area contributed by atoms with E-state index in [2.05, 4.69) is 33.5 Å². The van der Waals surface area contributed by atoms with Gasteiger partial charge < -0.3 is 0 Å². The molecule has 2 aromatic rings. The molecule has 0 saturated heterocycles. The van der Waals surface area contributed by atoms with E-state index in [1.54, 1.807) is 0 Å². The molecule has 0 spiro atoms. The molecule has 0 radical (unpaired) electrons. The number of hydrogen-bond acceptors (Lipinski definition) is 0. The summed E-state index contributed by atoms with van der Waals surface area (Å²) >= 11 is 3.08. The zero-order chi connectivity index (χ0) is 14.1. The first-order chi connectivity index (χ1) is 8.93.